The van der Waals surface area contributed by atoms with E-state index in [4.69, 9.17) is 4.42 Å². The summed E-state index contributed by atoms with van der Waals surface area (Å²) in [5.41, 5.74) is 3.25. The molecule has 5 heteroatoms. The zero-order valence-corrected chi connectivity index (χ0v) is 14.5. The Morgan fingerprint density at radius 3 is 2.80 bits per heavy atom. The van der Waals surface area contributed by atoms with E-state index in [1.807, 2.05) is 12.1 Å². The normalized spacial score (nSPS) is 16.8. The number of fused-ring (bicyclic) bond motifs is 3. The fraction of sp³-hybridized carbons (Fsp3) is 0.300. The lowest BCUT2D eigenvalue weighted by Crippen LogP contribution is -2.33. The SMILES string of the molecule is CN(C)C1CCc2c(oc3c(C(=O)Nc4ccncc4)cccc23)C1. The highest BCUT2D eigenvalue weighted by atomic mass is 16.3. The molecule has 1 aromatic carbocycles. The average Bonchev–Trinajstić information content (AvgIpc) is 3.00. The van der Waals surface area contributed by atoms with Crippen molar-refractivity contribution in [2.24, 2.45) is 0 Å². The molecule has 2 heterocycles. The van der Waals surface area contributed by atoms with Crippen molar-refractivity contribution in [1.29, 1.82) is 0 Å². The van der Waals surface area contributed by atoms with Gasteiger partial charge >= 0.3 is 0 Å². The van der Waals surface area contributed by atoms with Gasteiger partial charge in [-0.2, -0.15) is 0 Å². The molecule has 5 nitrogen and oxygen atoms in total. The van der Waals surface area contributed by atoms with Crippen LogP contribution in [0.3, 0.4) is 0 Å². The highest BCUT2D eigenvalue weighted by molar-refractivity contribution is 6.12. The van der Waals surface area contributed by atoms with Gasteiger partial charge in [-0.3, -0.25) is 9.78 Å². The molecule has 25 heavy (non-hydrogen) atoms. The number of nitrogens with one attached hydrogen (secondary N) is 1. The van der Waals surface area contributed by atoms with Gasteiger partial charge < -0.3 is 14.6 Å². The van der Waals surface area contributed by atoms with Crippen molar-refractivity contribution >= 4 is 22.6 Å². The number of carbonyl (C=O) groups is 1. The second kappa shape index (κ2) is 6.33. The molecule has 0 aliphatic heterocycles. The van der Waals surface area contributed by atoms with E-state index >= 15 is 0 Å². The minimum atomic E-state index is -0.160. The Balaban J connectivity index is 1.70. The van der Waals surface area contributed by atoms with Gasteiger partial charge in [0.15, 0.2) is 0 Å². The first-order valence-corrected chi connectivity index (χ1v) is 8.54. The van der Waals surface area contributed by atoms with E-state index in [0.717, 1.165) is 36.1 Å². The van der Waals surface area contributed by atoms with E-state index < -0.39 is 0 Å². The molecule has 0 saturated heterocycles. The number of amides is 1. The first-order valence-electron chi connectivity index (χ1n) is 8.54. The Kier molecular flexibility index (Phi) is 4.01. The molecule has 0 radical (unpaired) electrons. The van der Waals surface area contributed by atoms with E-state index in [1.54, 1.807) is 24.5 Å². The van der Waals surface area contributed by atoms with Gasteiger partial charge in [-0.25, -0.2) is 0 Å². The fourth-order valence-corrected chi connectivity index (χ4v) is 3.54. The van der Waals surface area contributed by atoms with Crippen molar-refractivity contribution < 1.29 is 9.21 Å². The van der Waals surface area contributed by atoms with Gasteiger partial charge in [0.2, 0.25) is 0 Å². The molecule has 1 atom stereocenters. The van der Waals surface area contributed by atoms with Crippen LogP contribution in [0.2, 0.25) is 0 Å². The van der Waals surface area contributed by atoms with Crippen LogP contribution in [0.1, 0.15) is 28.1 Å². The Hall–Kier alpha value is -2.66. The van der Waals surface area contributed by atoms with Crippen molar-refractivity contribution in [2.75, 3.05) is 19.4 Å². The number of benzene rings is 1. The highest BCUT2D eigenvalue weighted by Gasteiger charge is 2.27. The van der Waals surface area contributed by atoms with Gasteiger partial charge in [0.1, 0.15) is 11.3 Å². The number of rotatable bonds is 3. The highest BCUT2D eigenvalue weighted by Crippen LogP contribution is 2.34. The molecule has 2 aromatic heterocycles. The van der Waals surface area contributed by atoms with Crippen LogP contribution in [0.5, 0.6) is 0 Å². The van der Waals surface area contributed by atoms with E-state index in [0.29, 0.717) is 17.2 Å². The molecule has 0 saturated carbocycles. The standard InChI is InChI=1S/C20H21N3O2/c1-23(2)14-6-7-15-16-4-3-5-17(19(16)25-18(15)12-14)20(24)22-13-8-10-21-11-9-13/h3-5,8-11,14H,6-7,12H2,1-2H3,(H,21,22,24). The second-order valence-corrected chi connectivity index (χ2v) is 6.74. The summed E-state index contributed by atoms with van der Waals surface area (Å²) < 4.78 is 6.16. The molecule has 1 N–H and O–H groups in total. The molecule has 1 amide bonds. The van der Waals surface area contributed by atoms with Crippen molar-refractivity contribution in [3.8, 4) is 0 Å². The van der Waals surface area contributed by atoms with E-state index in [-0.39, 0.29) is 5.91 Å². The molecule has 0 spiro atoms. The Morgan fingerprint density at radius 2 is 2.04 bits per heavy atom. The summed E-state index contributed by atoms with van der Waals surface area (Å²) in [5, 5.41) is 3.97. The summed E-state index contributed by atoms with van der Waals surface area (Å²) in [6.45, 7) is 0. The Bertz CT molecular complexity index is 915. The average molecular weight is 335 g/mol. The fourth-order valence-electron chi connectivity index (χ4n) is 3.54. The van der Waals surface area contributed by atoms with Crippen LogP contribution >= 0.6 is 0 Å². The third-order valence-electron chi connectivity index (χ3n) is 4.96. The number of carbonyl (C=O) groups excluding carboxylic acids is 1. The summed E-state index contributed by atoms with van der Waals surface area (Å²) in [5.74, 6) is 0.858. The van der Waals surface area contributed by atoms with Crippen LogP contribution < -0.4 is 5.32 Å². The molecule has 4 rings (SSSR count). The van der Waals surface area contributed by atoms with Crippen LogP contribution in [-0.4, -0.2) is 35.9 Å². The molecular formula is C20H21N3O2. The number of nitrogens with zero attached hydrogens (tertiary/aromatic N) is 2. The summed E-state index contributed by atoms with van der Waals surface area (Å²) in [7, 11) is 4.21. The van der Waals surface area contributed by atoms with Crippen molar-refractivity contribution in [1.82, 2.24) is 9.88 Å². The van der Waals surface area contributed by atoms with E-state index in [2.05, 4.69) is 35.4 Å². The number of aromatic nitrogens is 1. The number of likely N-dealkylation sites (N-methyl/N-ethyl adjacent to an activating group) is 1. The van der Waals surface area contributed by atoms with Crippen LogP contribution in [0.25, 0.3) is 11.0 Å². The lowest BCUT2D eigenvalue weighted by Gasteiger charge is -2.27. The first kappa shape index (κ1) is 15.8. The first-order chi connectivity index (χ1) is 12.1. The second-order valence-electron chi connectivity index (χ2n) is 6.74. The maximum Gasteiger partial charge on any atom is 0.259 e. The molecule has 1 aliphatic rings. The van der Waals surface area contributed by atoms with Crippen LogP contribution in [0.4, 0.5) is 5.69 Å². The lowest BCUT2D eigenvalue weighted by molar-refractivity contribution is 0.102. The largest absolute Gasteiger partial charge is 0.460 e. The molecule has 3 aromatic rings. The van der Waals surface area contributed by atoms with Crippen LogP contribution in [0.15, 0.2) is 47.1 Å². The van der Waals surface area contributed by atoms with Crippen molar-refractivity contribution in [2.45, 2.75) is 25.3 Å². The number of furan rings is 1. The smallest absolute Gasteiger partial charge is 0.259 e. The number of pyridine rings is 1. The predicted octanol–water partition coefficient (Wildman–Crippen LogP) is 3.50. The Morgan fingerprint density at radius 1 is 1.24 bits per heavy atom. The predicted molar refractivity (Wildman–Crippen MR) is 97.9 cm³/mol. The zero-order valence-electron chi connectivity index (χ0n) is 14.5. The topological polar surface area (TPSA) is 58.4 Å². The summed E-state index contributed by atoms with van der Waals surface area (Å²) >= 11 is 0. The summed E-state index contributed by atoms with van der Waals surface area (Å²) in [6, 6.07) is 9.83. The summed E-state index contributed by atoms with van der Waals surface area (Å²) in [4.78, 5) is 18.9. The molecule has 1 unspecified atom stereocenters. The lowest BCUT2D eigenvalue weighted by atomic mass is 9.91. The molecule has 1 aliphatic carbocycles. The van der Waals surface area contributed by atoms with Crippen LogP contribution in [-0.2, 0) is 12.8 Å². The van der Waals surface area contributed by atoms with Gasteiger partial charge in [-0.05, 0) is 45.1 Å². The van der Waals surface area contributed by atoms with Gasteiger partial charge in [0.25, 0.3) is 5.91 Å². The van der Waals surface area contributed by atoms with Crippen molar-refractivity contribution in [3.63, 3.8) is 0 Å². The zero-order chi connectivity index (χ0) is 17.4. The van der Waals surface area contributed by atoms with Crippen molar-refractivity contribution in [3.05, 3.63) is 59.6 Å². The summed E-state index contributed by atoms with van der Waals surface area (Å²) in [6.07, 6.45) is 6.30. The van der Waals surface area contributed by atoms with E-state index in [9.17, 15) is 4.79 Å². The maximum atomic E-state index is 12.7. The third kappa shape index (κ3) is 2.91. The maximum absolute atomic E-state index is 12.7. The Labute approximate surface area is 146 Å². The number of hydrogen-bond acceptors (Lipinski definition) is 4. The van der Waals surface area contributed by atoms with Gasteiger partial charge in [-0.1, -0.05) is 12.1 Å². The number of hydrogen-bond donors (Lipinski definition) is 1. The quantitative estimate of drug-likeness (QED) is 0.796. The third-order valence-corrected chi connectivity index (χ3v) is 4.96. The minimum Gasteiger partial charge on any atom is -0.460 e. The molecule has 0 bridgehead atoms. The molecular weight excluding hydrogens is 314 g/mol. The van der Waals surface area contributed by atoms with Gasteiger partial charge in [0.05, 0.1) is 5.56 Å². The van der Waals surface area contributed by atoms with Crippen LogP contribution in [0, 0.1) is 0 Å². The van der Waals surface area contributed by atoms with Gasteiger partial charge in [-0.15, -0.1) is 0 Å². The number of anilines is 1. The number of aryl methyl sites for hydroxylation is 1. The van der Waals surface area contributed by atoms with Gasteiger partial charge in [0, 0.05) is 41.5 Å². The molecule has 0 fully saturated rings. The minimum absolute atomic E-state index is 0.160. The molecule has 128 valence electrons. The number of para-hydroxylation sites is 1. The monoisotopic (exact) mass is 335 g/mol. The van der Waals surface area contributed by atoms with E-state index in [1.165, 1.54) is 5.56 Å².